The van der Waals surface area contributed by atoms with Crippen molar-refractivity contribution in [3.63, 3.8) is 0 Å². The maximum atomic E-state index is 12.3. The smallest absolute Gasteiger partial charge is 0.315 e. The van der Waals surface area contributed by atoms with Gasteiger partial charge in [-0.1, -0.05) is 35.7 Å². The van der Waals surface area contributed by atoms with E-state index >= 15 is 0 Å². The molecule has 0 saturated carbocycles. The number of amides is 3. The minimum atomic E-state index is -0.290. The van der Waals surface area contributed by atoms with Crippen LogP contribution in [0.1, 0.15) is 17.5 Å². The number of H-pyrrole nitrogens is 1. The van der Waals surface area contributed by atoms with Crippen molar-refractivity contribution in [3.8, 4) is 11.8 Å². The Morgan fingerprint density at radius 3 is 2.93 bits per heavy atom. The number of likely N-dealkylation sites (tertiary alicyclic amines) is 1. The van der Waals surface area contributed by atoms with Gasteiger partial charge < -0.3 is 20.5 Å². The Hall–Kier alpha value is -3.50. The first-order chi connectivity index (χ1) is 14.6. The largest absolute Gasteiger partial charge is 0.345 e. The zero-order valence-corrected chi connectivity index (χ0v) is 16.9. The van der Waals surface area contributed by atoms with Crippen molar-refractivity contribution in [1.82, 2.24) is 25.5 Å². The number of carbonyl (C=O) groups excluding carboxylic acids is 2. The van der Waals surface area contributed by atoms with Gasteiger partial charge in [0.05, 0.1) is 5.02 Å². The lowest BCUT2D eigenvalue weighted by molar-refractivity contribution is -0.124. The highest BCUT2D eigenvalue weighted by atomic mass is 35.5. The summed E-state index contributed by atoms with van der Waals surface area (Å²) in [4.78, 5) is 33.5. The molecule has 0 aliphatic carbocycles. The van der Waals surface area contributed by atoms with Gasteiger partial charge in [0.15, 0.2) is 0 Å². The maximum Gasteiger partial charge on any atom is 0.315 e. The second-order valence-corrected chi connectivity index (χ2v) is 7.42. The summed E-state index contributed by atoms with van der Waals surface area (Å²) in [6, 6.07) is 10.8. The molecule has 3 aromatic rings. The third kappa shape index (κ3) is 4.56. The van der Waals surface area contributed by atoms with Crippen LogP contribution in [-0.4, -0.2) is 45.9 Å². The summed E-state index contributed by atoms with van der Waals surface area (Å²) in [6.45, 7) is 1.33. The molecule has 30 heavy (non-hydrogen) atoms. The molecule has 1 aliphatic rings. The number of benzene rings is 1. The molecule has 0 bridgehead atoms. The first-order valence-corrected chi connectivity index (χ1v) is 9.99. The van der Waals surface area contributed by atoms with Crippen molar-refractivity contribution >= 4 is 34.6 Å². The van der Waals surface area contributed by atoms with Gasteiger partial charge >= 0.3 is 6.03 Å². The number of aromatic amines is 1. The third-order valence-electron chi connectivity index (χ3n) is 4.95. The molecule has 0 radical (unpaired) electrons. The summed E-state index contributed by atoms with van der Waals surface area (Å²) in [7, 11) is 0. The van der Waals surface area contributed by atoms with Crippen LogP contribution in [0.2, 0.25) is 5.02 Å². The Labute approximate surface area is 178 Å². The van der Waals surface area contributed by atoms with Crippen molar-refractivity contribution in [2.45, 2.75) is 19.0 Å². The molecule has 1 atom stereocenters. The van der Waals surface area contributed by atoms with E-state index < -0.39 is 0 Å². The van der Waals surface area contributed by atoms with Crippen LogP contribution >= 0.6 is 11.6 Å². The fourth-order valence-corrected chi connectivity index (χ4v) is 3.69. The number of hydrogen-bond acceptors (Lipinski definition) is 3. The van der Waals surface area contributed by atoms with E-state index in [-0.39, 0.29) is 18.0 Å². The van der Waals surface area contributed by atoms with Crippen LogP contribution in [0, 0.1) is 11.8 Å². The minimum Gasteiger partial charge on any atom is -0.345 e. The molecule has 1 saturated heterocycles. The molecular formula is C22H20ClN5O2. The minimum absolute atomic E-state index is 0.110. The summed E-state index contributed by atoms with van der Waals surface area (Å²) in [5.74, 6) is 5.31. The van der Waals surface area contributed by atoms with Gasteiger partial charge in [0, 0.05) is 54.9 Å². The number of rotatable bonds is 3. The quantitative estimate of drug-likeness (QED) is 0.568. The lowest BCUT2D eigenvalue weighted by Crippen LogP contribution is -2.43. The third-order valence-corrected chi connectivity index (χ3v) is 5.25. The van der Waals surface area contributed by atoms with E-state index in [0.717, 1.165) is 16.5 Å². The Kier molecular flexibility index (Phi) is 5.87. The Balaban J connectivity index is 1.28. The fraction of sp³-hybridized carbons (Fsp3) is 0.227. The summed E-state index contributed by atoms with van der Waals surface area (Å²) < 4.78 is 0. The first kappa shape index (κ1) is 19.8. The number of nitrogens with one attached hydrogen (secondary N) is 3. The molecule has 1 aliphatic heterocycles. The molecule has 1 fully saturated rings. The number of hydrogen-bond donors (Lipinski definition) is 3. The summed E-state index contributed by atoms with van der Waals surface area (Å²) in [5, 5.41) is 7.13. The van der Waals surface area contributed by atoms with E-state index in [2.05, 4.69) is 32.4 Å². The lowest BCUT2D eigenvalue weighted by atomic mass is 10.2. The average Bonchev–Trinajstić information content (AvgIpc) is 3.38. The Bertz CT molecular complexity index is 1130. The topological polar surface area (TPSA) is 90.1 Å². The fourth-order valence-electron chi connectivity index (χ4n) is 3.43. The predicted octanol–water partition coefficient (Wildman–Crippen LogP) is 2.67. The SMILES string of the molecule is O=C(NCc1ccnc2[nH]cc(Cl)c12)NC1CCN(C(=O)C#Cc2ccccc2)C1. The van der Waals surface area contributed by atoms with E-state index in [1.165, 1.54) is 0 Å². The predicted molar refractivity (Wildman–Crippen MR) is 115 cm³/mol. The van der Waals surface area contributed by atoms with Crippen molar-refractivity contribution in [2.24, 2.45) is 0 Å². The van der Waals surface area contributed by atoms with Gasteiger partial charge in [0.1, 0.15) is 5.65 Å². The summed E-state index contributed by atoms with van der Waals surface area (Å²) in [6.07, 6.45) is 4.03. The zero-order valence-electron chi connectivity index (χ0n) is 16.1. The Morgan fingerprint density at radius 1 is 1.27 bits per heavy atom. The van der Waals surface area contributed by atoms with Crippen LogP contribution in [0.5, 0.6) is 0 Å². The second kappa shape index (κ2) is 8.89. The van der Waals surface area contributed by atoms with Crippen LogP contribution in [0.4, 0.5) is 4.79 Å². The molecule has 152 valence electrons. The number of pyridine rings is 1. The van der Waals surface area contributed by atoms with Crippen molar-refractivity contribution in [2.75, 3.05) is 13.1 Å². The number of carbonyl (C=O) groups is 2. The van der Waals surface area contributed by atoms with Crippen LogP contribution in [0.3, 0.4) is 0 Å². The monoisotopic (exact) mass is 421 g/mol. The van der Waals surface area contributed by atoms with Gasteiger partial charge in [0.2, 0.25) is 0 Å². The van der Waals surface area contributed by atoms with E-state index in [9.17, 15) is 9.59 Å². The molecular weight excluding hydrogens is 402 g/mol. The molecule has 1 aromatic carbocycles. The van der Waals surface area contributed by atoms with Crippen LogP contribution in [0.25, 0.3) is 11.0 Å². The maximum absolute atomic E-state index is 12.3. The molecule has 7 nitrogen and oxygen atoms in total. The van der Waals surface area contributed by atoms with E-state index in [1.807, 2.05) is 36.4 Å². The van der Waals surface area contributed by atoms with Crippen molar-refractivity contribution in [1.29, 1.82) is 0 Å². The molecule has 1 unspecified atom stereocenters. The molecule has 8 heteroatoms. The van der Waals surface area contributed by atoms with Crippen LogP contribution < -0.4 is 10.6 Å². The molecule has 0 spiro atoms. The lowest BCUT2D eigenvalue weighted by Gasteiger charge is -2.15. The number of urea groups is 1. The standard InChI is InChI=1S/C22H20ClN5O2/c23-18-13-25-21-20(18)16(8-10-24-21)12-26-22(30)27-17-9-11-28(14-17)19(29)7-6-15-4-2-1-3-5-15/h1-5,8,10,13,17H,9,11-12,14H2,(H,24,25)(H2,26,27,30). The summed E-state index contributed by atoms with van der Waals surface area (Å²) >= 11 is 6.19. The van der Waals surface area contributed by atoms with Crippen molar-refractivity contribution in [3.05, 3.63) is 64.9 Å². The average molecular weight is 422 g/mol. The number of aromatic nitrogens is 2. The molecule has 2 aromatic heterocycles. The van der Waals surface area contributed by atoms with E-state index in [0.29, 0.717) is 36.7 Å². The van der Waals surface area contributed by atoms with Gasteiger partial charge in [-0.05, 0) is 30.2 Å². The highest BCUT2D eigenvalue weighted by Crippen LogP contribution is 2.24. The second-order valence-electron chi connectivity index (χ2n) is 7.01. The van der Waals surface area contributed by atoms with E-state index in [1.54, 1.807) is 17.3 Å². The van der Waals surface area contributed by atoms with Gasteiger partial charge in [-0.3, -0.25) is 4.79 Å². The van der Waals surface area contributed by atoms with Crippen LogP contribution in [-0.2, 0) is 11.3 Å². The van der Waals surface area contributed by atoms with Crippen molar-refractivity contribution < 1.29 is 9.59 Å². The number of fused-ring (bicyclic) bond motifs is 1. The zero-order chi connectivity index (χ0) is 20.9. The van der Waals surface area contributed by atoms with Gasteiger partial charge in [-0.15, -0.1) is 0 Å². The van der Waals surface area contributed by atoms with Gasteiger partial charge in [0.25, 0.3) is 5.91 Å². The first-order valence-electron chi connectivity index (χ1n) is 9.61. The number of nitrogens with zero attached hydrogens (tertiary/aromatic N) is 2. The molecule has 3 N–H and O–H groups in total. The van der Waals surface area contributed by atoms with Crippen LogP contribution in [0.15, 0.2) is 48.8 Å². The van der Waals surface area contributed by atoms with E-state index in [4.69, 9.17) is 11.6 Å². The summed E-state index contributed by atoms with van der Waals surface area (Å²) in [5.41, 5.74) is 2.36. The number of halogens is 1. The molecule has 4 rings (SSSR count). The molecule has 3 amide bonds. The van der Waals surface area contributed by atoms with Gasteiger partial charge in [-0.25, -0.2) is 9.78 Å². The Morgan fingerprint density at radius 2 is 2.10 bits per heavy atom. The normalized spacial score (nSPS) is 15.5. The highest BCUT2D eigenvalue weighted by Gasteiger charge is 2.26. The van der Waals surface area contributed by atoms with Gasteiger partial charge in [-0.2, -0.15) is 0 Å². The molecule has 3 heterocycles. The highest BCUT2D eigenvalue weighted by molar-refractivity contribution is 6.35.